The van der Waals surface area contributed by atoms with Crippen LogP contribution in [0.1, 0.15) is 43.7 Å². The van der Waals surface area contributed by atoms with Crippen LogP contribution in [0.4, 0.5) is 0 Å². The fraction of sp³-hybridized carbons (Fsp3) is 0.474. The Morgan fingerprint density at radius 1 is 1.43 bits per heavy atom. The highest BCUT2D eigenvalue weighted by atomic mass is 16.5. The minimum atomic E-state index is -0.205. The van der Waals surface area contributed by atoms with Crippen molar-refractivity contribution >= 4 is 11.6 Å². The Hall–Kier alpha value is -2.10. The van der Waals surface area contributed by atoms with Gasteiger partial charge in [-0.2, -0.15) is 5.10 Å². The van der Waals surface area contributed by atoms with Crippen molar-refractivity contribution in [2.75, 3.05) is 6.61 Å². The Morgan fingerprint density at radius 3 is 3.00 bits per heavy atom. The van der Waals surface area contributed by atoms with E-state index in [1.165, 1.54) is 0 Å². The zero-order valence-electron chi connectivity index (χ0n) is 14.0. The van der Waals surface area contributed by atoms with Gasteiger partial charge >= 0.3 is 0 Å². The van der Waals surface area contributed by atoms with Gasteiger partial charge in [0, 0.05) is 11.6 Å². The second-order valence-corrected chi connectivity index (χ2v) is 6.76. The lowest BCUT2D eigenvalue weighted by atomic mass is 9.74. The number of fused-ring (bicyclic) bond motifs is 1. The lowest BCUT2D eigenvalue weighted by molar-refractivity contribution is -0.123. The average Bonchev–Trinajstić information content (AvgIpc) is 2.86. The highest BCUT2D eigenvalue weighted by Gasteiger charge is 2.37. The van der Waals surface area contributed by atoms with Gasteiger partial charge in [0.1, 0.15) is 5.75 Å². The van der Waals surface area contributed by atoms with E-state index in [4.69, 9.17) is 4.74 Å². The van der Waals surface area contributed by atoms with Gasteiger partial charge in [-0.3, -0.25) is 4.79 Å². The lowest BCUT2D eigenvalue weighted by Gasteiger charge is -2.31. The van der Waals surface area contributed by atoms with E-state index in [0.29, 0.717) is 17.8 Å². The fourth-order valence-corrected chi connectivity index (χ4v) is 3.22. The highest BCUT2D eigenvalue weighted by molar-refractivity contribution is 5.94. The number of nitrogens with zero attached hydrogens (tertiary/aromatic N) is 1. The maximum absolute atomic E-state index is 12.0. The summed E-state index contributed by atoms with van der Waals surface area (Å²) < 4.78 is 5.72. The Labute approximate surface area is 137 Å². The van der Waals surface area contributed by atoms with E-state index in [0.717, 1.165) is 35.4 Å². The van der Waals surface area contributed by atoms with Crippen LogP contribution in [0.3, 0.4) is 0 Å². The standard InChI is InChI=1S/C19H24N2O2/c1-12(2)15-8-7-13(3)9-18(15)23-11-19(22)21-20-17-10-14-5-4-6-16(14)17/h4-5,7-9,12,14,16H,6,10-11H2,1-3H3,(H,21,22)/b20-17-/t14-,16+/m1/s1. The molecule has 4 nitrogen and oxygen atoms in total. The molecule has 1 fully saturated rings. The first kappa shape index (κ1) is 15.8. The molecule has 2 aliphatic rings. The Balaban J connectivity index is 1.53. The van der Waals surface area contributed by atoms with E-state index in [1.54, 1.807) is 0 Å². The molecule has 0 heterocycles. The smallest absolute Gasteiger partial charge is 0.277 e. The number of amides is 1. The van der Waals surface area contributed by atoms with Crippen LogP contribution in [0.15, 0.2) is 35.5 Å². The first-order chi connectivity index (χ1) is 11.0. The number of hydrazone groups is 1. The van der Waals surface area contributed by atoms with Crippen molar-refractivity contribution in [1.82, 2.24) is 5.43 Å². The zero-order valence-corrected chi connectivity index (χ0v) is 14.0. The molecular weight excluding hydrogens is 288 g/mol. The third kappa shape index (κ3) is 3.46. The van der Waals surface area contributed by atoms with Crippen molar-refractivity contribution in [2.24, 2.45) is 16.9 Å². The van der Waals surface area contributed by atoms with Gasteiger partial charge < -0.3 is 4.74 Å². The molecule has 1 amide bonds. The minimum absolute atomic E-state index is 0.00764. The topological polar surface area (TPSA) is 50.7 Å². The second kappa shape index (κ2) is 6.57. The minimum Gasteiger partial charge on any atom is -0.483 e. The van der Waals surface area contributed by atoms with E-state index in [9.17, 15) is 4.79 Å². The molecule has 1 N–H and O–H groups in total. The molecular formula is C19H24N2O2. The molecule has 0 aliphatic heterocycles. The summed E-state index contributed by atoms with van der Waals surface area (Å²) in [6, 6.07) is 6.11. The number of aryl methyl sites for hydroxylation is 1. The normalized spacial score (nSPS) is 23.7. The van der Waals surface area contributed by atoms with E-state index in [1.807, 2.05) is 13.0 Å². The van der Waals surface area contributed by atoms with Crippen molar-refractivity contribution in [1.29, 1.82) is 0 Å². The molecule has 2 aliphatic carbocycles. The van der Waals surface area contributed by atoms with Crippen LogP contribution >= 0.6 is 0 Å². The van der Waals surface area contributed by atoms with Crippen LogP contribution in [-0.2, 0) is 4.79 Å². The molecule has 0 bridgehead atoms. The van der Waals surface area contributed by atoms with E-state index >= 15 is 0 Å². The third-order valence-electron chi connectivity index (χ3n) is 4.64. The van der Waals surface area contributed by atoms with Gasteiger partial charge in [0.15, 0.2) is 6.61 Å². The Bertz CT molecular complexity index is 661. The molecule has 23 heavy (non-hydrogen) atoms. The number of hydrogen-bond acceptors (Lipinski definition) is 3. The van der Waals surface area contributed by atoms with Crippen molar-refractivity contribution in [2.45, 2.75) is 39.5 Å². The Kier molecular flexibility index (Phi) is 4.51. The SMILES string of the molecule is Cc1ccc(C(C)C)c(OCC(=O)N/N=C2/C[C@H]3C=CC[C@H]23)c1. The summed E-state index contributed by atoms with van der Waals surface area (Å²) in [6.45, 7) is 6.25. The van der Waals surface area contributed by atoms with Gasteiger partial charge in [-0.1, -0.05) is 38.1 Å². The molecule has 0 radical (unpaired) electrons. The first-order valence-electron chi connectivity index (χ1n) is 8.30. The summed E-state index contributed by atoms with van der Waals surface area (Å²) in [5.74, 6) is 2.09. The largest absolute Gasteiger partial charge is 0.483 e. The number of ether oxygens (including phenoxy) is 1. The van der Waals surface area contributed by atoms with Gasteiger partial charge in [0.05, 0.1) is 0 Å². The second-order valence-electron chi connectivity index (χ2n) is 6.76. The van der Waals surface area contributed by atoms with Crippen molar-refractivity contribution in [3.8, 4) is 5.75 Å². The van der Waals surface area contributed by atoms with Gasteiger partial charge in [-0.15, -0.1) is 0 Å². The van der Waals surface area contributed by atoms with E-state index in [-0.39, 0.29) is 12.5 Å². The number of allylic oxidation sites excluding steroid dienone is 2. The highest BCUT2D eigenvalue weighted by Crippen LogP contribution is 2.40. The first-order valence-corrected chi connectivity index (χ1v) is 8.30. The monoisotopic (exact) mass is 312 g/mol. The van der Waals surface area contributed by atoms with Crippen LogP contribution < -0.4 is 10.2 Å². The summed E-state index contributed by atoms with van der Waals surface area (Å²) in [6.07, 6.45) is 6.47. The van der Waals surface area contributed by atoms with Gasteiger partial charge in [-0.05, 0) is 48.8 Å². The summed E-state index contributed by atoms with van der Waals surface area (Å²) in [5.41, 5.74) is 5.97. The van der Waals surface area contributed by atoms with Crippen molar-refractivity contribution < 1.29 is 9.53 Å². The molecule has 1 aromatic rings. The molecule has 122 valence electrons. The maximum Gasteiger partial charge on any atom is 0.277 e. The molecule has 1 saturated carbocycles. The molecule has 1 aromatic carbocycles. The average molecular weight is 312 g/mol. The molecule has 0 saturated heterocycles. The number of nitrogens with one attached hydrogen (secondary N) is 1. The van der Waals surface area contributed by atoms with Crippen LogP contribution in [0, 0.1) is 18.8 Å². The Morgan fingerprint density at radius 2 is 2.26 bits per heavy atom. The van der Waals surface area contributed by atoms with E-state index in [2.05, 4.69) is 48.7 Å². The molecule has 0 unspecified atom stereocenters. The summed E-state index contributed by atoms with van der Waals surface area (Å²) in [7, 11) is 0. The molecule has 3 rings (SSSR count). The van der Waals surface area contributed by atoms with Crippen LogP contribution in [0.5, 0.6) is 5.75 Å². The number of benzene rings is 1. The summed E-state index contributed by atoms with van der Waals surface area (Å²) in [5, 5.41) is 4.26. The predicted molar refractivity (Wildman–Crippen MR) is 91.7 cm³/mol. The molecule has 0 spiro atoms. The molecule has 4 heteroatoms. The maximum atomic E-state index is 12.0. The number of carbonyl (C=O) groups is 1. The van der Waals surface area contributed by atoms with Gasteiger partial charge in [-0.25, -0.2) is 5.43 Å². The third-order valence-corrected chi connectivity index (χ3v) is 4.64. The van der Waals surface area contributed by atoms with Gasteiger partial charge in [0.2, 0.25) is 0 Å². The fourth-order valence-electron chi connectivity index (χ4n) is 3.22. The predicted octanol–water partition coefficient (Wildman–Crippen LogP) is 3.57. The van der Waals surface area contributed by atoms with Gasteiger partial charge in [0.25, 0.3) is 5.91 Å². The number of rotatable bonds is 5. The van der Waals surface area contributed by atoms with Crippen LogP contribution in [-0.4, -0.2) is 18.2 Å². The number of carbonyl (C=O) groups excluding carboxylic acids is 1. The zero-order chi connectivity index (χ0) is 16.4. The van der Waals surface area contributed by atoms with Crippen molar-refractivity contribution in [3.63, 3.8) is 0 Å². The summed E-state index contributed by atoms with van der Waals surface area (Å²) >= 11 is 0. The quantitative estimate of drug-likeness (QED) is 0.667. The number of hydrogen-bond donors (Lipinski definition) is 1. The van der Waals surface area contributed by atoms with Crippen LogP contribution in [0.25, 0.3) is 0 Å². The molecule has 0 aromatic heterocycles. The van der Waals surface area contributed by atoms with Crippen LogP contribution in [0.2, 0.25) is 0 Å². The molecule has 2 atom stereocenters. The summed E-state index contributed by atoms with van der Waals surface area (Å²) in [4.78, 5) is 12.0. The van der Waals surface area contributed by atoms with E-state index < -0.39 is 0 Å². The van der Waals surface area contributed by atoms with Crippen molar-refractivity contribution in [3.05, 3.63) is 41.5 Å². The lowest BCUT2D eigenvalue weighted by Crippen LogP contribution is -2.36.